The lowest BCUT2D eigenvalue weighted by molar-refractivity contribution is 0.401. The van der Waals surface area contributed by atoms with Gasteiger partial charge in [-0.05, 0) is 31.4 Å². The monoisotopic (exact) mass is 240 g/mol. The summed E-state index contributed by atoms with van der Waals surface area (Å²) in [6.45, 7) is 6.14. The van der Waals surface area contributed by atoms with Crippen molar-refractivity contribution in [3.05, 3.63) is 66.0 Å². The Morgan fingerprint density at radius 1 is 1.28 bits per heavy atom. The van der Waals surface area contributed by atoms with Crippen LogP contribution in [0.25, 0.3) is 5.76 Å². The topological polar surface area (TPSA) is 9.23 Å². The first-order valence-electron chi connectivity index (χ1n) is 6.61. The lowest BCUT2D eigenvalue weighted by atomic mass is 10.1. The third kappa shape index (κ3) is 3.92. The van der Waals surface area contributed by atoms with Crippen LogP contribution in [0.4, 0.5) is 0 Å². The largest absolute Gasteiger partial charge is 0.458 e. The predicted octanol–water partition coefficient (Wildman–Crippen LogP) is 5.08. The first kappa shape index (κ1) is 12.7. The summed E-state index contributed by atoms with van der Waals surface area (Å²) in [6.07, 6.45) is 8.74. The molecule has 1 aromatic carbocycles. The normalized spacial score (nSPS) is 14.3. The molecule has 1 aliphatic carbocycles. The van der Waals surface area contributed by atoms with E-state index in [0.717, 1.165) is 29.9 Å². The maximum atomic E-state index is 5.88. The van der Waals surface area contributed by atoms with E-state index in [1.807, 2.05) is 18.2 Å². The zero-order chi connectivity index (χ0) is 12.8. The molecule has 0 radical (unpaired) electrons. The van der Waals surface area contributed by atoms with Gasteiger partial charge in [-0.25, -0.2) is 0 Å². The molecular weight excluding hydrogens is 220 g/mol. The number of rotatable bonds is 6. The molecule has 0 atom stereocenters. The van der Waals surface area contributed by atoms with E-state index in [-0.39, 0.29) is 0 Å². The molecule has 0 amide bonds. The predicted molar refractivity (Wildman–Crippen MR) is 76.9 cm³/mol. The van der Waals surface area contributed by atoms with Gasteiger partial charge in [0.05, 0.1) is 0 Å². The van der Waals surface area contributed by atoms with Gasteiger partial charge in [0.1, 0.15) is 11.5 Å². The van der Waals surface area contributed by atoms with Gasteiger partial charge in [-0.2, -0.15) is 0 Å². The number of ether oxygens (including phenoxy) is 1. The summed E-state index contributed by atoms with van der Waals surface area (Å²) in [4.78, 5) is 0. The Morgan fingerprint density at radius 3 is 2.61 bits per heavy atom. The molecule has 0 N–H and O–H groups in total. The van der Waals surface area contributed by atoms with E-state index in [4.69, 9.17) is 4.74 Å². The van der Waals surface area contributed by atoms with Gasteiger partial charge >= 0.3 is 0 Å². The number of hydrogen-bond donors (Lipinski definition) is 0. The quantitative estimate of drug-likeness (QED) is 0.630. The Bertz CT molecular complexity index is 460. The van der Waals surface area contributed by atoms with Crippen molar-refractivity contribution in [2.75, 3.05) is 0 Å². The highest BCUT2D eigenvalue weighted by Gasteiger charge is 2.12. The lowest BCUT2D eigenvalue weighted by Gasteiger charge is -2.10. The summed E-state index contributed by atoms with van der Waals surface area (Å²) in [6, 6.07) is 10.2. The molecule has 2 rings (SSSR count). The van der Waals surface area contributed by atoms with Crippen molar-refractivity contribution in [1.82, 2.24) is 0 Å². The van der Waals surface area contributed by atoms with Crippen LogP contribution in [0.1, 0.15) is 38.2 Å². The van der Waals surface area contributed by atoms with Crippen LogP contribution < -0.4 is 0 Å². The van der Waals surface area contributed by atoms with E-state index >= 15 is 0 Å². The molecule has 0 saturated heterocycles. The SMILES string of the molecule is C=C(C=C1CC1)O/C(=C\CCC)c1ccccc1. The molecule has 1 saturated carbocycles. The summed E-state index contributed by atoms with van der Waals surface area (Å²) < 4.78 is 5.88. The molecule has 0 heterocycles. The van der Waals surface area contributed by atoms with Crippen molar-refractivity contribution in [3.8, 4) is 0 Å². The molecule has 94 valence electrons. The first-order chi connectivity index (χ1) is 8.79. The molecule has 18 heavy (non-hydrogen) atoms. The molecule has 1 nitrogen and oxygen atoms in total. The summed E-state index contributed by atoms with van der Waals surface area (Å²) >= 11 is 0. The minimum absolute atomic E-state index is 0.744. The molecule has 1 fully saturated rings. The van der Waals surface area contributed by atoms with E-state index in [1.54, 1.807) is 0 Å². The van der Waals surface area contributed by atoms with Gasteiger partial charge in [-0.1, -0.05) is 55.8 Å². The fourth-order valence-electron chi connectivity index (χ4n) is 1.71. The summed E-state index contributed by atoms with van der Waals surface area (Å²) in [5.41, 5.74) is 2.55. The smallest absolute Gasteiger partial charge is 0.130 e. The number of hydrogen-bond acceptors (Lipinski definition) is 1. The van der Waals surface area contributed by atoms with Crippen molar-refractivity contribution in [2.45, 2.75) is 32.6 Å². The minimum atomic E-state index is 0.744. The van der Waals surface area contributed by atoms with Gasteiger partial charge in [0.15, 0.2) is 0 Å². The van der Waals surface area contributed by atoms with Crippen LogP contribution in [-0.2, 0) is 4.74 Å². The van der Waals surface area contributed by atoms with Crippen molar-refractivity contribution < 1.29 is 4.74 Å². The number of unbranched alkanes of at least 4 members (excludes halogenated alkanes) is 1. The highest BCUT2D eigenvalue weighted by molar-refractivity contribution is 5.60. The van der Waals surface area contributed by atoms with E-state index in [1.165, 1.54) is 18.4 Å². The minimum Gasteiger partial charge on any atom is -0.458 e. The van der Waals surface area contributed by atoms with Crippen LogP contribution in [0.15, 0.2) is 60.4 Å². The molecule has 0 aliphatic heterocycles. The van der Waals surface area contributed by atoms with Crippen LogP contribution >= 0.6 is 0 Å². The Kier molecular flexibility index (Phi) is 4.40. The van der Waals surface area contributed by atoms with Gasteiger partial charge in [-0.3, -0.25) is 0 Å². The fourth-order valence-corrected chi connectivity index (χ4v) is 1.71. The van der Waals surface area contributed by atoms with E-state index in [9.17, 15) is 0 Å². The molecule has 1 aliphatic rings. The second-order valence-electron chi connectivity index (χ2n) is 4.59. The first-order valence-corrected chi connectivity index (χ1v) is 6.61. The Balaban J connectivity index is 2.10. The van der Waals surface area contributed by atoms with Gasteiger partial charge in [0, 0.05) is 5.56 Å². The zero-order valence-corrected chi connectivity index (χ0v) is 11.0. The van der Waals surface area contributed by atoms with Crippen molar-refractivity contribution >= 4 is 5.76 Å². The molecule has 0 unspecified atom stereocenters. The zero-order valence-electron chi connectivity index (χ0n) is 11.0. The van der Waals surface area contributed by atoms with Crippen LogP contribution in [0.3, 0.4) is 0 Å². The average Bonchev–Trinajstić information content (AvgIpc) is 3.19. The lowest BCUT2D eigenvalue weighted by Crippen LogP contribution is -1.91. The van der Waals surface area contributed by atoms with Gasteiger partial charge in [0.2, 0.25) is 0 Å². The number of benzene rings is 1. The van der Waals surface area contributed by atoms with Gasteiger partial charge in [-0.15, -0.1) is 0 Å². The van der Waals surface area contributed by atoms with E-state index in [0.29, 0.717) is 0 Å². The van der Waals surface area contributed by atoms with Crippen molar-refractivity contribution in [1.29, 1.82) is 0 Å². The van der Waals surface area contributed by atoms with Crippen LogP contribution in [-0.4, -0.2) is 0 Å². The van der Waals surface area contributed by atoms with Gasteiger partial charge in [0.25, 0.3) is 0 Å². The van der Waals surface area contributed by atoms with Crippen LogP contribution in [0.2, 0.25) is 0 Å². The molecule has 1 heteroatoms. The second-order valence-corrected chi connectivity index (χ2v) is 4.59. The Labute approximate surface area is 109 Å². The average molecular weight is 240 g/mol. The highest BCUT2D eigenvalue weighted by Crippen LogP contribution is 2.30. The fraction of sp³-hybridized carbons (Fsp3) is 0.294. The Morgan fingerprint density at radius 2 is 2.00 bits per heavy atom. The van der Waals surface area contributed by atoms with Gasteiger partial charge < -0.3 is 4.74 Å². The number of allylic oxidation sites excluding steroid dienone is 3. The third-order valence-electron chi connectivity index (χ3n) is 2.82. The summed E-state index contributed by atoms with van der Waals surface area (Å²) in [5, 5.41) is 0. The standard InChI is InChI=1S/C17H20O/c1-3-4-10-17(16-8-6-5-7-9-16)18-14(2)13-15-11-12-15/h5-10,13H,2-4,11-12H2,1H3/b17-10-. The maximum Gasteiger partial charge on any atom is 0.130 e. The van der Waals surface area contributed by atoms with E-state index in [2.05, 4.69) is 37.8 Å². The summed E-state index contributed by atoms with van der Waals surface area (Å²) in [7, 11) is 0. The molecule has 1 aromatic rings. The third-order valence-corrected chi connectivity index (χ3v) is 2.82. The van der Waals surface area contributed by atoms with Crippen molar-refractivity contribution in [3.63, 3.8) is 0 Å². The van der Waals surface area contributed by atoms with Crippen LogP contribution in [0.5, 0.6) is 0 Å². The van der Waals surface area contributed by atoms with Crippen molar-refractivity contribution in [2.24, 2.45) is 0 Å². The van der Waals surface area contributed by atoms with Crippen LogP contribution in [0, 0.1) is 0 Å². The molecular formula is C17H20O. The highest BCUT2D eigenvalue weighted by atomic mass is 16.5. The maximum absolute atomic E-state index is 5.88. The summed E-state index contributed by atoms with van der Waals surface area (Å²) in [5.74, 6) is 1.66. The second kappa shape index (κ2) is 6.25. The molecule has 0 spiro atoms. The molecule has 0 bridgehead atoms. The van der Waals surface area contributed by atoms with E-state index < -0.39 is 0 Å². The Hall–Kier alpha value is -1.76. The molecule has 0 aromatic heterocycles.